The second-order valence-electron chi connectivity index (χ2n) is 4.36. The lowest BCUT2D eigenvalue weighted by Gasteiger charge is -2.31. The van der Waals surface area contributed by atoms with E-state index in [-0.39, 0.29) is 0 Å². The molecule has 1 aromatic heterocycles. The van der Waals surface area contributed by atoms with E-state index < -0.39 is 0 Å². The number of anilines is 1. The van der Waals surface area contributed by atoms with Crippen LogP contribution in [0.2, 0.25) is 5.15 Å². The number of methoxy groups -OCH3 is 1. The lowest BCUT2D eigenvalue weighted by molar-refractivity contribution is 0.410. The Kier molecular flexibility index (Phi) is 4.95. The Hall–Kier alpha value is -0.680. The number of thioether (sulfide) groups is 1. The van der Waals surface area contributed by atoms with Crippen LogP contribution >= 0.6 is 23.4 Å². The first-order valence-corrected chi connectivity index (χ1v) is 7.76. The van der Waals surface area contributed by atoms with Gasteiger partial charge in [-0.1, -0.05) is 24.4 Å². The second kappa shape index (κ2) is 6.48. The number of aromatic nitrogens is 2. The van der Waals surface area contributed by atoms with E-state index >= 15 is 0 Å². The monoisotopic (exact) mass is 287 g/mol. The van der Waals surface area contributed by atoms with Crippen LogP contribution in [0.3, 0.4) is 0 Å². The number of nitrogens with zero attached hydrogens (tertiary/aromatic N) is 2. The van der Waals surface area contributed by atoms with Crippen molar-refractivity contribution in [2.45, 2.75) is 37.0 Å². The van der Waals surface area contributed by atoms with Crippen molar-refractivity contribution in [3.63, 3.8) is 0 Å². The minimum atomic E-state index is 0.353. The van der Waals surface area contributed by atoms with E-state index in [2.05, 4.69) is 21.5 Å². The largest absolute Gasteiger partial charge is 0.490 e. The molecule has 2 atom stereocenters. The number of rotatable bonds is 4. The molecule has 0 aromatic carbocycles. The maximum Gasteiger partial charge on any atom is 0.198 e. The summed E-state index contributed by atoms with van der Waals surface area (Å²) in [4.78, 5) is 8.16. The molecule has 1 aliphatic rings. The van der Waals surface area contributed by atoms with Gasteiger partial charge in [-0.3, -0.25) is 0 Å². The van der Waals surface area contributed by atoms with Crippen molar-refractivity contribution in [2.24, 2.45) is 0 Å². The van der Waals surface area contributed by atoms with Crippen LogP contribution in [0.5, 0.6) is 5.75 Å². The SMILES string of the molecule is COc1c(Cl)ncnc1NC1CCCCC1SC. The third-order valence-corrected chi connectivity index (χ3v) is 4.73. The third kappa shape index (κ3) is 3.01. The van der Waals surface area contributed by atoms with Crippen molar-refractivity contribution >= 4 is 29.2 Å². The molecule has 0 saturated heterocycles. The molecule has 1 fully saturated rings. The van der Waals surface area contributed by atoms with Crippen molar-refractivity contribution in [3.8, 4) is 5.75 Å². The fourth-order valence-electron chi connectivity index (χ4n) is 2.36. The van der Waals surface area contributed by atoms with Gasteiger partial charge in [-0.15, -0.1) is 0 Å². The zero-order chi connectivity index (χ0) is 13.0. The van der Waals surface area contributed by atoms with Crippen molar-refractivity contribution in [2.75, 3.05) is 18.7 Å². The van der Waals surface area contributed by atoms with E-state index in [1.807, 2.05) is 11.8 Å². The van der Waals surface area contributed by atoms with Gasteiger partial charge < -0.3 is 10.1 Å². The van der Waals surface area contributed by atoms with Gasteiger partial charge in [0.1, 0.15) is 6.33 Å². The molecular weight excluding hydrogens is 270 g/mol. The van der Waals surface area contributed by atoms with E-state index in [9.17, 15) is 0 Å². The molecule has 1 N–H and O–H groups in total. The van der Waals surface area contributed by atoms with Crippen molar-refractivity contribution in [1.82, 2.24) is 9.97 Å². The maximum absolute atomic E-state index is 6.00. The molecule has 0 bridgehead atoms. The molecule has 0 amide bonds. The van der Waals surface area contributed by atoms with Crippen LogP contribution in [0.15, 0.2) is 6.33 Å². The predicted octanol–water partition coefficient (Wildman–Crippen LogP) is 3.22. The molecule has 0 radical (unpaired) electrons. The predicted molar refractivity (Wildman–Crippen MR) is 76.8 cm³/mol. The van der Waals surface area contributed by atoms with E-state index in [1.54, 1.807) is 7.11 Å². The Morgan fingerprint density at radius 3 is 2.89 bits per heavy atom. The fraction of sp³-hybridized carbons (Fsp3) is 0.667. The van der Waals surface area contributed by atoms with Crippen molar-refractivity contribution < 1.29 is 4.74 Å². The molecule has 0 aliphatic heterocycles. The number of ether oxygens (including phenoxy) is 1. The lowest BCUT2D eigenvalue weighted by Crippen LogP contribution is -2.34. The van der Waals surface area contributed by atoms with Crippen molar-refractivity contribution in [3.05, 3.63) is 11.5 Å². The minimum Gasteiger partial charge on any atom is -0.490 e. The highest BCUT2D eigenvalue weighted by Gasteiger charge is 2.25. The Labute approximate surface area is 117 Å². The number of hydrogen-bond donors (Lipinski definition) is 1. The highest BCUT2D eigenvalue weighted by molar-refractivity contribution is 7.99. The first kappa shape index (κ1) is 13.7. The zero-order valence-electron chi connectivity index (χ0n) is 10.6. The number of hydrogen-bond acceptors (Lipinski definition) is 5. The highest BCUT2D eigenvalue weighted by atomic mass is 35.5. The van der Waals surface area contributed by atoms with Crippen LogP contribution in [-0.2, 0) is 0 Å². The van der Waals surface area contributed by atoms with Crippen LogP contribution in [-0.4, -0.2) is 34.6 Å². The summed E-state index contributed by atoms with van der Waals surface area (Å²) in [6, 6.07) is 0.425. The molecule has 1 aliphatic carbocycles. The minimum absolute atomic E-state index is 0.353. The van der Waals surface area contributed by atoms with Gasteiger partial charge in [0.05, 0.1) is 7.11 Å². The molecule has 1 aromatic rings. The van der Waals surface area contributed by atoms with Crippen LogP contribution in [0.25, 0.3) is 0 Å². The summed E-state index contributed by atoms with van der Waals surface area (Å²) in [6.45, 7) is 0. The normalized spacial score (nSPS) is 23.7. The lowest BCUT2D eigenvalue weighted by atomic mass is 9.95. The smallest absolute Gasteiger partial charge is 0.198 e. The first-order chi connectivity index (χ1) is 8.76. The Bertz CT molecular complexity index is 405. The Morgan fingerprint density at radius 2 is 2.17 bits per heavy atom. The van der Waals surface area contributed by atoms with Crippen LogP contribution < -0.4 is 10.1 Å². The molecule has 6 heteroatoms. The van der Waals surface area contributed by atoms with E-state index in [0.717, 1.165) is 6.42 Å². The molecule has 0 spiro atoms. The van der Waals surface area contributed by atoms with Gasteiger partial charge >= 0.3 is 0 Å². The van der Waals surface area contributed by atoms with Gasteiger partial charge in [0.25, 0.3) is 0 Å². The van der Waals surface area contributed by atoms with Crippen molar-refractivity contribution in [1.29, 1.82) is 0 Å². The number of nitrogens with one attached hydrogen (secondary N) is 1. The zero-order valence-corrected chi connectivity index (χ0v) is 12.2. The molecule has 2 rings (SSSR count). The molecule has 4 nitrogen and oxygen atoms in total. The summed E-state index contributed by atoms with van der Waals surface area (Å²) in [5.74, 6) is 1.23. The van der Waals surface area contributed by atoms with E-state index in [0.29, 0.717) is 28.0 Å². The summed E-state index contributed by atoms with van der Waals surface area (Å²) >= 11 is 7.91. The molecule has 18 heavy (non-hydrogen) atoms. The number of halogens is 1. The van der Waals surface area contributed by atoms with Gasteiger partial charge in [0.15, 0.2) is 16.7 Å². The van der Waals surface area contributed by atoms with Gasteiger partial charge in [-0.25, -0.2) is 9.97 Å². The summed E-state index contributed by atoms with van der Waals surface area (Å²) < 4.78 is 5.26. The molecular formula is C12H18ClN3OS. The molecule has 2 unspecified atom stereocenters. The Morgan fingerprint density at radius 1 is 1.39 bits per heavy atom. The van der Waals surface area contributed by atoms with Crippen LogP contribution in [0.4, 0.5) is 5.82 Å². The molecule has 1 heterocycles. The fourth-order valence-corrected chi connectivity index (χ4v) is 3.50. The van der Waals surface area contributed by atoms with Gasteiger partial charge in [0.2, 0.25) is 0 Å². The maximum atomic E-state index is 6.00. The van der Waals surface area contributed by atoms with Gasteiger partial charge in [0, 0.05) is 11.3 Å². The topological polar surface area (TPSA) is 47.0 Å². The summed E-state index contributed by atoms with van der Waals surface area (Å²) in [6.07, 6.45) is 8.61. The highest BCUT2D eigenvalue weighted by Crippen LogP contribution is 2.33. The van der Waals surface area contributed by atoms with Gasteiger partial charge in [-0.05, 0) is 19.1 Å². The van der Waals surface area contributed by atoms with E-state index in [4.69, 9.17) is 16.3 Å². The first-order valence-electron chi connectivity index (χ1n) is 6.10. The molecule has 100 valence electrons. The molecule has 1 saturated carbocycles. The average molecular weight is 288 g/mol. The van der Waals surface area contributed by atoms with Gasteiger partial charge in [-0.2, -0.15) is 11.8 Å². The average Bonchev–Trinajstić information content (AvgIpc) is 2.40. The van der Waals surface area contributed by atoms with Crippen LogP contribution in [0, 0.1) is 0 Å². The van der Waals surface area contributed by atoms with E-state index in [1.165, 1.54) is 25.6 Å². The summed E-state index contributed by atoms with van der Waals surface area (Å²) in [7, 11) is 1.59. The standard InChI is InChI=1S/C12H18ClN3OS/c1-17-10-11(13)14-7-15-12(10)16-8-5-3-4-6-9(8)18-2/h7-9H,3-6H2,1-2H3,(H,14,15,16). The second-order valence-corrected chi connectivity index (χ2v) is 5.79. The Balaban J connectivity index is 2.15. The quantitative estimate of drug-likeness (QED) is 0.862. The van der Waals surface area contributed by atoms with Crippen LogP contribution in [0.1, 0.15) is 25.7 Å². The third-order valence-electron chi connectivity index (χ3n) is 3.29. The summed E-state index contributed by atoms with van der Waals surface area (Å²) in [5.41, 5.74) is 0. The summed E-state index contributed by atoms with van der Waals surface area (Å²) in [5, 5.41) is 4.44.